The van der Waals surface area contributed by atoms with E-state index in [9.17, 15) is 18.8 Å². The van der Waals surface area contributed by atoms with Gasteiger partial charge >= 0.3 is 11.9 Å². The largest absolute Gasteiger partial charge is 0.497 e. The fraction of sp³-hybridized carbons (Fsp3) is 0.533. The Kier molecular flexibility index (Phi) is 16.0. The molecule has 1 amide bonds. The summed E-state index contributed by atoms with van der Waals surface area (Å²) in [5, 5.41) is -0.424. The lowest BCUT2D eigenvalue weighted by atomic mass is 9.65. The third kappa shape index (κ3) is 11.4. The van der Waals surface area contributed by atoms with Crippen molar-refractivity contribution >= 4 is 35.3 Å². The Labute approximate surface area is 342 Å². The van der Waals surface area contributed by atoms with Gasteiger partial charge in [0.1, 0.15) is 23.8 Å². The van der Waals surface area contributed by atoms with Crippen LogP contribution in [-0.4, -0.2) is 107 Å². The summed E-state index contributed by atoms with van der Waals surface area (Å²) in [4.78, 5) is 46.7. The number of ether oxygens (including phenoxy) is 4. The van der Waals surface area contributed by atoms with Gasteiger partial charge in [-0.05, 0) is 112 Å². The van der Waals surface area contributed by atoms with Crippen LogP contribution >= 0.6 is 11.8 Å². The fourth-order valence-electron chi connectivity index (χ4n) is 8.42. The molecule has 0 saturated heterocycles. The molecule has 1 aliphatic heterocycles. The van der Waals surface area contributed by atoms with E-state index in [0.717, 1.165) is 66.2 Å². The number of esters is 2. The van der Waals surface area contributed by atoms with Crippen molar-refractivity contribution in [1.82, 2.24) is 9.80 Å². The van der Waals surface area contributed by atoms with Gasteiger partial charge in [0.25, 0.3) is 5.91 Å². The molecule has 0 radical (unpaired) electrons. The number of thioether (sulfide) groups is 1. The van der Waals surface area contributed by atoms with E-state index < -0.39 is 22.9 Å². The smallest absolute Gasteiger partial charge is 0.332 e. The van der Waals surface area contributed by atoms with Gasteiger partial charge in [0.15, 0.2) is 6.10 Å². The Bertz CT molecular complexity index is 1810. The number of carbonyl (C=O) groups is 3. The molecule has 310 valence electrons. The average molecular weight is 806 g/mol. The molecular formula is C45H60FN3O7S. The number of para-hydroxylation sites is 1. The normalized spacial score (nSPS) is 20.6. The maximum Gasteiger partial charge on any atom is 0.332 e. The second-order valence-electron chi connectivity index (χ2n) is 15.8. The molecule has 0 saturated carbocycles. The molecule has 1 heterocycles. The number of nitrogens with zero attached hydrogens (tertiary/aromatic N) is 3. The molecule has 57 heavy (non-hydrogen) atoms. The summed E-state index contributed by atoms with van der Waals surface area (Å²) in [6.45, 7) is 9.18. The van der Waals surface area contributed by atoms with E-state index in [1.165, 1.54) is 31.9 Å². The van der Waals surface area contributed by atoms with Gasteiger partial charge in [-0.1, -0.05) is 50.6 Å². The van der Waals surface area contributed by atoms with E-state index in [1.807, 2.05) is 54.6 Å². The molecule has 0 bridgehead atoms. The SMILES string of the molecule is COCC(=O)O[C@]1(CCN(C)CCCCCN(C)CCN2C(=O)C(OC(C)=O)[C@H](c3ccc(OC)cc3)Sc3ccccc32)CCc2cc(F)ccc2C1C(C)C. The van der Waals surface area contributed by atoms with E-state index in [4.69, 9.17) is 18.9 Å². The Hall–Kier alpha value is -3.97. The third-order valence-electron chi connectivity index (χ3n) is 11.2. The Morgan fingerprint density at radius 1 is 0.947 bits per heavy atom. The number of methoxy groups -OCH3 is 2. The summed E-state index contributed by atoms with van der Waals surface area (Å²) >= 11 is 1.53. The van der Waals surface area contributed by atoms with Crippen molar-refractivity contribution in [2.24, 2.45) is 5.92 Å². The molecule has 0 spiro atoms. The molecule has 3 aromatic rings. The quantitative estimate of drug-likeness (QED) is 0.0887. The number of fused-ring (bicyclic) bond motifs is 2. The van der Waals surface area contributed by atoms with E-state index >= 15 is 0 Å². The fourth-order valence-corrected chi connectivity index (χ4v) is 9.74. The Morgan fingerprint density at radius 2 is 1.65 bits per heavy atom. The molecular weight excluding hydrogens is 746 g/mol. The molecule has 4 atom stereocenters. The van der Waals surface area contributed by atoms with Crippen LogP contribution in [0.3, 0.4) is 0 Å². The number of unbranched alkanes of at least 4 members (excludes halogenated alkanes) is 2. The van der Waals surface area contributed by atoms with Crippen molar-refractivity contribution in [3.8, 4) is 5.75 Å². The highest BCUT2D eigenvalue weighted by Crippen LogP contribution is 2.49. The number of halogens is 1. The third-order valence-corrected chi connectivity index (χ3v) is 12.6. The first-order valence-electron chi connectivity index (χ1n) is 20.1. The van der Waals surface area contributed by atoms with Gasteiger partial charge in [-0.2, -0.15) is 0 Å². The summed E-state index contributed by atoms with van der Waals surface area (Å²) in [6, 6.07) is 20.4. The molecule has 0 aromatic heterocycles. The highest BCUT2D eigenvalue weighted by Gasteiger charge is 2.48. The molecule has 2 unspecified atom stereocenters. The van der Waals surface area contributed by atoms with Crippen molar-refractivity contribution in [2.45, 2.75) is 87.1 Å². The summed E-state index contributed by atoms with van der Waals surface area (Å²) in [5.74, 6) is -0.494. The zero-order chi connectivity index (χ0) is 41.1. The minimum Gasteiger partial charge on any atom is -0.497 e. The first-order valence-corrected chi connectivity index (χ1v) is 21.0. The molecule has 2 aliphatic rings. The number of anilines is 1. The summed E-state index contributed by atoms with van der Waals surface area (Å²) in [6.07, 6.45) is 4.04. The van der Waals surface area contributed by atoms with Crippen LogP contribution in [0, 0.1) is 11.7 Å². The van der Waals surface area contributed by atoms with Gasteiger partial charge in [-0.25, -0.2) is 9.18 Å². The van der Waals surface area contributed by atoms with E-state index in [1.54, 1.807) is 18.1 Å². The number of hydrogen-bond donors (Lipinski definition) is 0. The van der Waals surface area contributed by atoms with Gasteiger partial charge in [-0.15, -0.1) is 11.8 Å². The van der Waals surface area contributed by atoms with Crippen LogP contribution in [0.15, 0.2) is 71.6 Å². The first kappa shape index (κ1) is 44.1. The van der Waals surface area contributed by atoms with Crippen LogP contribution in [0.2, 0.25) is 0 Å². The van der Waals surface area contributed by atoms with E-state index in [-0.39, 0.29) is 36.1 Å². The lowest BCUT2D eigenvalue weighted by molar-refractivity contribution is -0.172. The zero-order valence-electron chi connectivity index (χ0n) is 34.6. The zero-order valence-corrected chi connectivity index (χ0v) is 35.4. The van der Waals surface area contributed by atoms with Crippen LogP contribution in [0.5, 0.6) is 5.75 Å². The summed E-state index contributed by atoms with van der Waals surface area (Å²) < 4.78 is 36.7. The summed E-state index contributed by atoms with van der Waals surface area (Å²) in [5.41, 5.74) is 3.06. The molecule has 5 rings (SSSR count). The highest BCUT2D eigenvalue weighted by molar-refractivity contribution is 7.99. The van der Waals surface area contributed by atoms with Gasteiger partial charge in [-0.3, -0.25) is 9.59 Å². The maximum atomic E-state index is 14.2. The van der Waals surface area contributed by atoms with Crippen molar-refractivity contribution in [3.63, 3.8) is 0 Å². The number of rotatable bonds is 19. The molecule has 12 heteroatoms. The number of aryl methyl sites for hydroxylation is 1. The van der Waals surface area contributed by atoms with Crippen LogP contribution in [-0.2, 0) is 35.0 Å². The number of hydrogen-bond acceptors (Lipinski definition) is 10. The Balaban J connectivity index is 1.14. The lowest BCUT2D eigenvalue weighted by Crippen LogP contribution is -2.49. The van der Waals surface area contributed by atoms with Crippen molar-refractivity contribution < 1.29 is 37.7 Å². The van der Waals surface area contributed by atoms with Crippen LogP contribution < -0.4 is 9.64 Å². The standard InChI is InChI=1S/C45H60FN3O7S/c1-31(2)41-37-20-17-35(46)29-34(37)21-22-45(41,56-40(51)30-53-6)23-26-47(4)24-11-8-12-25-48(5)27-28-49-38-13-9-10-14-39(38)57-43(42(44(49)52)55-32(3)50)33-15-18-36(54-7)19-16-33/h9-10,13-20,29,31,41-43H,8,11-12,21-28,30H2,1-7H3/t41?,42?,43-,45-/m0/s1. The van der Waals surface area contributed by atoms with Crippen LogP contribution in [0.25, 0.3) is 0 Å². The van der Waals surface area contributed by atoms with Crippen LogP contribution in [0.4, 0.5) is 10.1 Å². The predicted molar refractivity (Wildman–Crippen MR) is 222 cm³/mol. The number of likely N-dealkylation sites (N-methyl/N-ethyl adjacent to an activating group) is 1. The van der Waals surface area contributed by atoms with E-state index in [0.29, 0.717) is 38.1 Å². The second kappa shape index (κ2) is 20.6. The highest BCUT2D eigenvalue weighted by atomic mass is 32.2. The van der Waals surface area contributed by atoms with Crippen molar-refractivity contribution in [3.05, 3.63) is 89.2 Å². The van der Waals surface area contributed by atoms with Gasteiger partial charge in [0, 0.05) is 50.9 Å². The van der Waals surface area contributed by atoms with Gasteiger partial charge in [0.2, 0.25) is 0 Å². The molecule has 3 aromatic carbocycles. The molecule has 0 fully saturated rings. The topological polar surface area (TPSA) is 97.9 Å². The van der Waals surface area contributed by atoms with Crippen LogP contribution in [0.1, 0.15) is 80.7 Å². The maximum absolute atomic E-state index is 14.2. The number of carbonyl (C=O) groups excluding carboxylic acids is 3. The summed E-state index contributed by atoms with van der Waals surface area (Å²) in [7, 11) is 7.30. The number of amides is 1. The second-order valence-corrected chi connectivity index (χ2v) is 16.9. The van der Waals surface area contributed by atoms with Gasteiger partial charge in [0.05, 0.1) is 18.0 Å². The minimum absolute atomic E-state index is 0.0501. The van der Waals surface area contributed by atoms with Crippen molar-refractivity contribution in [1.29, 1.82) is 0 Å². The monoisotopic (exact) mass is 805 g/mol. The Morgan fingerprint density at radius 3 is 2.32 bits per heavy atom. The van der Waals surface area contributed by atoms with Gasteiger partial charge < -0.3 is 33.6 Å². The lowest BCUT2D eigenvalue weighted by Gasteiger charge is -2.47. The molecule has 10 nitrogen and oxygen atoms in total. The van der Waals surface area contributed by atoms with Crippen molar-refractivity contribution in [2.75, 3.05) is 72.5 Å². The molecule has 0 N–H and O–H groups in total. The number of benzene rings is 3. The predicted octanol–water partition coefficient (Wildman–Crippen LogP) is 7.68. The van der Waals surface area contributed by atoms with E-state index in [2.05, 4.69) is 37.7 Å². The average Bonchev–Trinajstić information content (AvgIpc) is 3.29. The molecule has 1 aliphatic carbocycles. The first-order chi connectivity index (χ1) is 27.3. The minimum atomic E-state index is -0.988.